The van der Waals surface area contributed by atoms with E-state index in [1.54, 1.807) is 18.9 Å². The summed E-state index contributed by atoms with van der Waals surface area (Å²) < 4.78 is 26.7. The Morgan fingerprint density at radius 1 is 1.44 bits per heavy atom. The predicted octanol–water partition coefficient (Wildman–Crippen LogP) is 2.24. The van der Waals surface area contributed by atoms with E-state index in [1.165, 1.54) is 6.07 Å². The van der Waals surface area contributed by atoms with Gasteiger partial charge in [-0.15, -0.1) is 0 Å². The molecule has 0 saturated carbocycles. The van der Waals surface area contributed by atoms with Crippen molar-refractivity contribution >= 4 is 5.78 Å². The zero-order valence-electron chi connectivity index (χ0n) is 10.3. The third kappa shape index (κ3) is 3.60. The Hall–Kier alpha value is -1.80. The van der Waals surface area contributed by atoms with Crippen molar-refractivity contribution in [2.24, 2.45) is 5.92 Å². The molecular weight excluding hydrogens is 238 g/mol. The molecule has 0 N–H and O–H groups in total. The molecule has 0 amide bonds. The highest BCUT2D eigenvalue weighted by molar-refractivity contribution is 5.98. The Labute approximate surface area is 105 Å². The summed E-state index contributed by atoms with van der Waals surface area (Å²) in [5.41, 5.74) is -0.519. The lowest BCUT2D eigenvalue weighted by atomic mass is 10.1. The third-order valence-corrected chi connectivity index (χ3v) is 2.46. The van der Waals surface area contributed by atoms with Crippen LogP contribution >= 0.6 is 0 Å². The van der Waals surface area contributed by atoms with Crippen molar-refractivity contribution in [1.29, 1.82) is 5.26 Å². The van der Waals surface area contributed by atoms with Crippen molar-refractivity contribution in [2.45, 2.75) is 6.92 Å². The van der Waals surface area contributed by atoms with Crippen molar-refractivity contribution < 1.29 is 13.6 Å². The topological polar surface area (TPSA) is 44.1 Å². The second-order valence-corrected chi connectivity index (χ2v) is 4.25. The van der Waals surface area contributed by atoms with Crippen LogP contribution in [0.2, 0.25) is 0 Å². The van der Waals surface area contributed by atoms with Gasteiger partial charge in [0.2, 0.25) is 0 Å². The molecule has 0 fully saturated rings. The van der Waals surface area contributed by atoms with E-state index in [0.717, 1.165) is 12.1 Å². The van der Waals surface area contributed by atoms with Gasteiger partial charge in [-0.3, -0.25) is 9.69 Å². The van der Waals surface area contributed by atoms with E-state index >= 15 is 0 Å². The number of benzene rings is 1. The number of likely N-dealkylation sites (N-methyl/N-ethyl adjacent to an activating group) is 1. The minimum Gasteiger partial charge on any atom is -0.298 e. The number of hydrogen-bond donors (Lipinski definition) is 0. The Balaban J connectivity index is 2.75. The van der Waals surface area contributed by atoms with Gasteiger partial charge in [0, 0.05) is 6.54 Å². The molecule has 1 rings (SSSR count). The maximum absolute atomic E-state index is 13.3. The molecule has 1 aromatic rings. The summed E-state index contributed by atoms with van der Waals surface area (Å²) in [5.74, 6) is -2.59. The summed E-state index contributed by atoms with van der Waals surface area (Å²) in [5, 5.41) is 8.64. The first-order valence-corrected chi connectivity index (χ1v) is 5.51. The molecule has 0 saturated heterocycles. The molecule has 3 nitrogen and oxygen atoms in total. The fourth-order valence-electron chi connectivity index (χ4n) is 1.66. The molecule has 0 bridgehead atoms. The second kappa shape index (κ2) is 6.22. The van der Waals surface area contributed by atoms with Gasteiger partial charge in [-0.2, -0.15) is 5.26 Å². The number of nitriles is 1. The number of rotatable bonds is 5. The minimum atomic E-state index is -0.860. The van der Waals surface area contributed by atoms with Crippen molar-refractivity contribution in [3.05, 3.63) is 35.4 Å². The van der Waals surface area contributed by atoms with E-state index < -0.39 is 23.0 Å². The first kappa shape index (κ1) is 14.3. The van der Waals surface area contributed by atoms with Crippen LogP contribution in [0.4, 0.5) is 8.78 Å². The van der Waals surface area contributed by atoms with Gasteiger partial charge in [-0.25, -0.2) is 8.78 Å². The maximum Gasteiger partial charge on any atom is 0.182 e. The van der Waals surface area contributed by atoms with E-state index in [9.17, 15) is 13.6 Å². The average Bonchev–Trinajstić information content (AvgIpc) is 2.28. The lowest BCUT2D eigenvalue weighted by Gasteiger charge is -2.17. The molecule has 18 heavy (non-hydrogen) atoms. The highest BCUT2D eigenvalue weighted by Gasteiger charge is 2.18. The summed E-state index contributed by atoms with van der Waals surface area (Å²) in [4.78, 5) is 13.3. The largest absolute Gasteiger partial charge is 0.298 e. The smallest absolute Gasteiger partial charge is 0.182 e. The van der Waals surface area contributed by atoms with Crippen LogP contribution in [0.1, 0.15) is 17.3 Å². The number of Topliss-reactive ketones (excluding diaryl/α,β-unsaturated/α-hetero) is 1. The van der Waals surface area contributed by atoms with Gasteiger partial charge >= 0.3 is 0 Å². The van der Waals surface area contributed by atoms with Gasteiger partial charge in [0.25, 0.3) is 0 Å². The molecule has 0 aliphatic rings. The summed E-state index contributed by atoms with van der Waals surface area (Å²) in [7, 11) is 1.63. The van der Waals surface area contributed by atoms with E-state index in [1.807, 2.05) is 6.07 Å². The number of ketones is 1. The predicted molar refractivity (Wildman–Crippen MR) is 63.0 cm³/mol. The van der Waals surface area contributed by atoms with Crippen molar-refractivity contribution in [3.8, 4) is 6.07 Å². The van der Waals surface area contributed by atoms with Gasteiger partial charge in [0.1, 0.15) is 11.6 Å². The highest BCUT2D eigenvalue weighted by atomic mass is 19.1. The Morgan fingerprint density at radius 2 is 2.00 bits per heavy atom. The number of carbonyl (C=O) groups excluding carboxylic acids is 1. The number of carbonyl (C=O) groups is 1. The van der Waals surface area contributed by atoms with Crippen LogP contribution in [0.15, 0.2) is 18.2 Å². The quantitative estimate of drug-likeness (QED) is 0.755. The van der Waals surface area contributed by atoms with Gasteiger partial charge in [-0.1, -0.05) is 6.07 Å². The molecule has 0 radical (unpaired) electrons. The average molecular weight is 252 g/mol. The molecule has 0 spiro atoms. The normalized spacial score (nSPS) is 12.2. The van der Waals surface area contributed by atoms with Crippen LogP contribution in [0.5, 0.6) is 0 Å². The summed E-state index contributed by atoms with van der Waals surface area (Å²) >= 11 is 0. The Morgan fingerprint density at radius 3 is 2.50 bits per heavy atom. The van der Waals surface area contributed by atoms with Gasteiger partial charge in [0.15, 0.2) is 5.78 Å². The SMILES string of the molecule is CC(C#N)CN(C)CC(=O)c1c(F)cccc1F. The van der Waals surface area contributed by atoms with Gasteiger partial charge in [0.05, 0.1) is 24.1 Å². The maximum atomic E-state index is 13.3. The zero-order valence-corrected chi connectivity index (χ0v) is 10.3. The van der Waals surface area contributed by atoms with E-state index in [2.05, 4.69) is 0 Å². The van der Waals surface area contributed by atoms with Crippen LogP contribution in [-0.2, 0) is 0 Å². The fourth-order valence-corrected chi connectivity index (χ4v) is 1.66. The molecule has 5 heteroatoms. The molecule has 0 heterocycles. The Bertz CT molecular complexity index is 462. The third-order valence-electron chi connectivity index (χ3n) is 2.46. The second-order valence-electron chi connectivity index (χ2n) is 4.25. The molecule has 1 aromatic carbocycles. The van der Waals surface area contributed by atoms with Crippen LogP contribution < -0.4 is 0 Å². The fraction of sp³-hybridized carbons (Fsp3) is 0.385. The molecule has 0 aromatic heterocycles. The van der Waals surface area contributed by atoms with E-state index in [-0.39, 0.29) is 12.5 Å². The van der Waals surface area contributed by atoms with Crippen molar-refractivity contribution in [3.63, 3.8) is 0 Å². The van der Waals surface area contributed by atoms with Crippen LogP contribution in [-0.4, -0.2) is 30.8 Å². The molecule has 1 atom stereocenters. The molecular formula is C13H14F2N2O. The highest BCUT2D eigenvalue weighted by Crippen LogP contribution is 2.13. The lowest BCUT2D eigenvalue weighted by molar-refractivity contribution is 0.0934. The van der Waals surface area contributed by atoms with E-state index in [0.29, 0.717) is 6.54 Å². The van der Waals surface area contributed by atoms with Crippen LogP contribution in [0.25, 0.3) is 0 Å². The molecule has 1 unspecified atom stereocenters. The standard InChI is InChI=1S/C13H14F2N2O/c1-9(6-16)7-17(2)8-12(18)13-10(14)4-3-5-11(13)15/h3-5,9H,7-8H2,1-2H3. The van der Waals surface area contributed by atoms with Gasteiger partial charge in [-0.05, 0) is 26.1 Å². The summed E-state index contributed by atoms with van der Waals surface area (Å²) in [6.45, 7) is 1.97. The van der Waals surface area contributed by atoms with E-state index in [4.69, 9.17) is 5.26 Å². The minimum absolute atomic E-state index is 0.121. The number of nitrogens with zero attached hydrogens (tertiary/aromatic N) is 2. The molecule has 0 aliphatic heterocycles. The molecule has 96 valence electrons. The van der Waals surface area contributed by atoms with Crippen molar-refractivity contribution in [1.82, 2.24) is 4.90 Å². The van der Waals surface area contributed by atoms with Crippen molar-refractivity contribution in [2.75, 3.05) is 20.1 Å². The zero-order chi connectivity index (χ0) is 13.7. The first-order valence-electron chi connectivity index (χ1n) is 5.51. The number of hydrogen-bond acceptors (Lipinski definition) is 3. The molecule has 0 aliphatic carbocycles. The summed E-state index contributed by atoms with van der Waals surface area (Å²) in [6, 6.07) is 5.34. The monoisotopic (exact) mass is 252 g/mol. The number of halogens is 2. The van der Waals surface area contributed by atoms with Gasteiger partial charge < -0.3 is 0 Å². The Kier molecular flexibility index (Phi) is 4.93. The van der Waals surface area contributed by atoms with Crippen LogP contribution in [0.3, 0.4) is 0 Å². The van der Waals surface area contributed by atoms with Crippen LogP contribution in [0, 0.1) is 28.9 Å². The first-order chi connectivity index (χ1) is 8.45. The summed E-state index contributed by atoms with van der Waals surface area (Å²) in [6.07, 6.45) is 0. The lowest BCUT2D eigenvalue weighted by Crippen LogP contribution is -2.30.